The fraction of sp³-hybridized carbons (Fsp3) is 0.560. The minimum atomic E-state index is -0.368. The highest BCUT2D eigenvalue weighted by atomic mass is 35.5. The number of amides is 2. The number of benzene rings is 1. The first kappa shape index (κ1) is 24.7. The summed E-state index contributed by atoms with van der Waals surface area (Å²) in [7, 11) is 0. The van der Waals surface area contributed by atoms with Crippen LogP contribution in [0, 0.1) is 11.3 Å². The molecule has 0 spiro atoms. The Bertz CT molecular complexity index is 927. The fourth-order valence-electron chi connectivity index (χ4n) is 4.95. The van der Waals surface area contributed by atoms with Crippen molar-refractivity contribution in [2.75, 3.05) is 39.4 Å². The second-order valence-electron chi connectivity index (χ2n) is 9.34. The van der Waals surface area contributed by atoms with Crippen molar-refractivity contribution >= 4 is 29.1 Å². The molecule has 9 heteroatoms. The highest BCUT2D eigenvalue weighted by Crippen LogP contribution is 2.35. The average Bonchev–Trinajstić information content (AvgIpc) is 3.44. The van der Waals surface area contributed by atoms with Crippen LogP contribution in [0.1, 0.15) is 37.7 Å². The smallest absolute Gasteiger partial charge is 0.269 e. The lowest BCUT2D eigenvalue weighted by atomic mass is 9.94. The summed E-state index contributed by atoms with van der Waals surface area (Å²) < 4.78 is 5.42. The van der Waals surface area contributed by atoms with Crippen LogP contribution in [0.2, 0.25) is 5.02 Å². The molecular formula is C25H34ClN5O3. The van der Waals surface area contributed by atoms with E-state index in [4.69, 9.17) is 21.7 Å². The summed E-state index contributed by atoms with van der Waals surface area (Å²) in [6.07, 6.45) is 3.81. The van der Waals surface area contributed by atoms with Crippen molar-refractivity contribution in [3.8, 4) is 0 Å². The van der Waals surface area contributed by atoms with Gasteiger partial charge in [0.25, 0.3) is 5.91 Å². The molecule has 34 heavy (non-hydrogen) atoms. The van der Waals surface area contributed by atoms with E-state index >= 15 is 0 Å². The number of nitrogens with zero attached hydrogens (tertiary/aromatic N) is 1. The Kier molecular flexibility index (Phi) is 8.59. The lowest BCUT2D eigenvalue weighted by Crippen LogP contribution is -2.40. The lowest BCUT2D eigenvalue weighted by molar-refractivity contribution is -0.119. The third-order valence-corrected chi connectivity index (χ3v) is 7.07. The number of carbonyl (C=O) groups excluding carboxylic acids is 2. The Hall–Kier alpha value is -2.42. The van der Waals surface area contributed by atoms with Crippen molar-refractivity contribution < 1.29 is 14.3 Å². The Balaban J connectivity index is 1.36. The van der Waals surface area contributed by atoms with E-state index < -0.39 is 0 Å². The van der Waals surface area contributed by atoms with Gasteiger partial charge in [0, 0.05) is 61.5 Å². The molecule has 2 saturated heterocycles. The van der Waals surface area contributed by atoms with Crippen LogP contribution in [0.15, 0.2) is 35.5 Å². The van der Waals surface area contributed by atoms with Gasteiger partial charge in [0.2, 0.25) is 5.91 Å². The van der Waals surface area contributed by atoms with Crippen molar-refractivity contribution in [2.24, 2.45) is 5.92 Å². The molecule has 1 aromatic carbocycles. The van der Waals surface area contributed by atoms with E-state index in [1.54, 1.807) is 12.1 Å². The highest BCUT2D eigenvalue weighted by molar-refractivity contribution is 6.44. The number of hydrogen-bond acceptors (Lipinski definition) is 6. The largest absolute Gasteiger partial charge is 0.387 e. The molecule has 0 bridgehead atoms. The maximum Gasteiger partial charge on any atom is 0.269 e. The molecule has 3 aliphatic rings. The van der Waals surface area contributed by atoms with Gasteiger partial charge in [0.05, 0.1) is 13.2 Å². The Morgan fingerprint density at radius 3 is 2.68 bits per heavy atom. The number of allylic oxidation sites excluding steroid dienone is 1. The van der Waals surface area contributed by atoms with Gasteiger partial charge >= 0.3 is 0 Å². The van der Waals surface area contributed by atoms with Gasteiger partial charge in [-0.1, -0.05) is 23.7 Å². The van der Waals surface area contributed by atoms with Crippen LogP contribution in [0.25, 0.3) is 0 Å². The molecule has 0 saturated carbocycles. The third kappa shape index (κ3) is 6.81. The number of halogens is 1. The molecule has 2 fully saturated rings. The van der Waals surface area contributed by atoms with E-state index in [1.165, 1.54) is 0 Å². The van der Waals surface area contributed by atoms with Gasteiger partial charge in [-0.15, -0.1) is 0 Å². The minimum Gasteiger partial charge on any atom is -0.387 e. The Morgan fingerprint density at radius 2 is 1.97 bits per heavy atom. The van der Waals surface area contributed by atoms with Crippen molar-refractivity contribution in [1.82, 2.24) is 20.9 Å². The Morgan fingerprint density at radius 1 is 1.21 bits per heavy atom. The Labute approximate surface area is 205 Å². The maximum atomic E-state index is 12.8. The van der Waals surface area contributed by atoms with E-state index in [9.17, 15) is 9.59 Å². The van der Waals surface area contributed by atoms with E-state index in [0.717, 1.165) is 75.5 Å². The second kappa shape index (κ2) is 11.8. The van der Waals surface area contributed by atoms with Gasteiger partial charge in [-0.05, 0) is 49.3 Å². The van der Waals surface area contributed by atoms with Crippen molar-refractivity contribution in [2.45, 2.75) is 44.7 Å². The molecule has 1 unspecified atom stereocenters. The predicted molar refractivity (Wildman–Crippen MR) is 132 cm³/mol. The number of ether oxygens (including phenoxy) is 1. The monoisotopic (exact) mass is 487 g/mol. The molecule has 1 aliphatic carbocycles. The van der Waals surface area contributed by atoms with E-state index in [1.807, 2.05) is 12.1 Å². The van der Waals surface area contributed by atoms with Crippen LogP contribution >= 0.6 is 11.6 Å². The van der Waals surface area contributed by atoms with Crippen LogP contribution in [0.5, 0.6) is 0 Å². The highest BCUT2D eigenvalue weighted by Gasteiger charge is 2.32. The minimum absolute atomic E-state index is 0.0285. The molecule has 1 aromatic rings. The fourth-order valence-corrected chi connectivity index (χ4v) is 5.08. The SMILES string of the molecule is N=C(C(=O)NCc1ccc(Cl)cc1)C1=C(NCCN2CCOCC2)CC(C[C@H]2CCC(=O)N2)C1. The van der Waals surface area contributed by atoms with E-state index in [2.05, 4.69) is 20.9 Å². The molecule has 0 radical (unpaired) electrons. The second-order valence-corrected chi connectivity index (χ2v) is 9.77. The zero-order valence-electron chi connectivity index (χ0n) is 19.5. The summed E-state index contributed by atoms with van der Waals surface area (Å²) in [5.41, 5.74) is 2.75. The zero-order chi connectivity index (χ0) is 23.9. The van der Waals surface area contributed by atoms with Crippen LogP contribution in [0.3, 0.4) is 0 Å². The molecule has 2 amide bonds. The zero-order valence-corrected chi connectivity index (χ0v) is 20.3. The normalized spacial score (nSPS) is 23.1. The molecule has 2 aliphatic heterocycles. The molecule has 2 heterocycles. The summed E-state index contributed by atoms with van der Waals surface area (Å²) in [4.78, 5) is 26.8. The third-order valence-electron chi connectivity index (χ3n) is 6.82. The molecular weight excluding hydrogens is 454 g/mol. The van der Waals surface area contributed by atoms with Crippen LogP contribution in [0.4, 0.5) is 0 Å². The lowest BCUT2D eigenvalue weighted by Gasteiger charge is -2.27. The molecule has 0 aromatic heterocycles. The number of morpholine rings is 1. The first-order valence-corrected chi connectivity index (χ1v) is 12.5. The summed E-state index contributed by atoms with van der Waals surface area (Å²) in [6, 6.07) is 7.50. The summed E-state index contributed by atoms with van der Waals surface area (Å²) in [6.45, 7) is 5.41. The molecule has 184 valence electrons. The number of nitrogens with one attached hydrogen (secondary N) is 4. The van der Waals surface area contributed by atoms with Gasteiger partial charge in [0.1, 0.15) is 5.71 Å². The van der Waals surface area contributed by atoms with Gasteiger partial charge in [-0.2, -0.15) is 0 Å². The van der Waals surface area contributed by atoms with Crippen LogP contribution in [-0.4, -0.2) is 67.9 Å². The number of carbonyl (C=O) groups is 2. The topological polar surface area (TPSA) is 107 Å². The van der Waals surface area contributed by atoms with Gasteiger partial charge in [-0.25, -0.2) is 0 Å². The van der Waals surface area contributed by atoms with Crippen molar-refractivity contribution in [3.05, 3.63) is 46.1 Å². The van der Waals surface area contributed by atoms with Gasteiger partial charge in [0.15, 0.2) is 0 Å². The first-order chi connectivity index (χ1) is 16.5. The standard InChI is InChI=1S/C25H34ClN5O3/c26-19-3-1-17(2-4-19)16-29-25(33)24(27)21-14-18(13-20-5-6-23(32)30-20)15-22(21)28-7-8-31-9-11-34-12-10-31/h1-4,18,20,27-28H,5-16H2,(H,29,33)(H,30,32)/t18?,20-/m1/s1. The van der Waals surface area contributed by atoms with E-state index in [-0.39, 0.29) is 23.6 Å². The molecule has 4 rings (SSSR count). The molecule has 4 N–H and O–H groups in total. The summed E-state index contributed by atoms with van der Waals surface area (Å²) >= 11 is 5.93. The molecule has 2 atom stereocenters. The van der Waals surface area contributed by atoms with Crippen molar-refractivity contribution in [1.29, 1.82) is 5.41 Å². The van der Waals surface area contributed by atoms with Crippen molar-refractivity contribution in [3.63, 3.8) is 0 Å². The number of rotatable bonds is 10. The first-order valence-electron chi connectivity index (χ1n) is 12.1. The predicted octanol–water partition coefficient (Wildman–Crippen LogP) is 2.23. The van der Waals surface area contributed by atoms with E-state index in [0.29, 0.717) is 30.3 Å². The number of hydrogen-bond donors (Lipinski definition) is 4. The average molecular weight is 488 g/mol. The quantitative estimate of drug-likeness (QED) is 0.379. The summed E-state index contributed by atoms with van der Waals surface area (Å²) in [5.74, 6) is 0.0651. The molecule has 8 nitrogen and oxygen atoms in total. The van der Waals surface area contributed by atoms with Crippen LogP contribution in [-0.2, 0) is 20.9 Å². The van der Waals surface area contributed by atoms with Gasteiger partial charge in [-0.3, -0.25) is 19.9 Å². The van der Waals surface area contributed by atoms with Crippen LogP contribution < -0.4 is 16.0 Å². The maximum absolute atomic E-state index is 12.8. The summed E-state index contributed by atoms with van der Waals surface area (Å²) in [5, 5.41) is 18.7. The van der Waals surface area contributed by atoms with Gasteiger partial charge < -0.3 is 20.7 Å².